The quantitative estimate of drug-likeness (QED) is 0.748. The number of aromatic nitrogens is 4. The van der Waals surface area contributed by atoms with Gasteiger partial charge in [-0.15, -0.1) is 0 Å². The molecule has 0 unspecified atom stereocenters. The van der Waals surface area contributed by atoms with Crippen LogP contribution < -0.4 is 10.1 Å². The lowest BCUT2D eigenvalue weighted by atomic mass is 10.1. The first-order valence-electron chi connectivity index (χ1n) is 8.73. The van der Waals surface area contributed by atoms with Crippen LogP contribution in [0.2, 0.25) is 0 Å². The van der Waals surface area contributed by atoms with E-state index >= 15 is 0 Å². The van der Waals surface area contributed by atoms with Crippen molar-refractivity contribution in [1.29, 1.82) is 0 Å². The molecule has 1 aliphatic heterocycles. The number of carbonyl (C=O) groups excluding carboxylic acids is 1. The van der Waals surface area contributed by atoms with E-state index in [9.17, 15) is 4.79 Å². The average Bonchev–Trinajstić information content (AvgIpc) is 3.22. The lowest BCUT2D eigenvalue weighted by molar-refractivity contribution is 0.102. The third-order valence-electron chi connectivity index (χ3n) is 4.65. The molecule has 4 heterocycles. The van der Waals surface area contributed by atoms with Gasteiger partial charge in [0.1, 0.15) is 11.6 Å². The molecule has 1 saturated heterocycles. The number of H-pyrrole nitrogens is 1. The van der Waals surface area contributed by atoms with Crippen molar-refractivity contribution >= 4 is 22.8 Å². The van der Waals surface area contributed by atoms with Crippen molar-refractivity contribution in [1.82, 2.24) is 24.6 Å². The Balaban J connectivity index is 1.53. The summed E-state index contributed by atoms with van der Waals surface area (Å²) in [6, 6.07) is 5.48. The molecule has 8 nitrogen and oxygen atoms in total. The van der Waals surface area contributed by atoms with E-state index in [1.54, 1.807) is 30.2 Å². The maximum absolute atomic E-state index is 12.6. The zero-order valence-electron chi connectivity index (χ0n) is 14.9. The number of nitrogens with one attached hydrogen (secondary N) is 2. The van der Waals surface area contributed by atoms with Gasteiger partial charge in [-0.3, -0.25) is 9.48 Å². The number of aromatic amines is 1. The standard InChI is InChI=1S/C18H22N6O2/c1-23-8-5-12(6-9-23)26-16-4-3-14-17(21-16)13(11-19-14)18(25)20-15-7-10-24(2)22-15/h3-4,7,10-12,19H,5-6,8-9H2,1-2H3,(H,20,22,25). The van der Waals surface area contributed by atoms with Gasteiger partial charge >= 0.3 is 0 Å². The van der Waals surface area contributed by atoms with Crippen LogP contribution in [0.3, 0.4) is 0 Å². The molecule has 3 aromatic heterocycles. The van der Waals surface area contributed by atoms with Crippen molar-refractivity contribution in [2.45, 2.75) is 18.9 Å². The first-order chi connectivity index (χ1) is 12.6. The highest BCUT2D eigenvalue weighted by Crippen LogP contribution is 2.23. The molecule has 0 saturated carbocycles. The predicted molar refractivity (Wildman–Crippen MR) is 98.4 cm³/mol. The fraction of sp³-hybridized carbons (Fsp3) is 0.389. The van der Waals surface area contributed by atoms with Gasteiger partial charge in [0.15, 0.2) is 5.82 Å². The Labute approximate surface area is 151 Å². The monoisotopic (exact) mass is 354 g/mol. The SMILES string of the molecule is CN1CCC(Oc2ccc3[nH]cc(C(=O)Nc4ccn(C)n4)c3n2)CC1. The second-order valence-corrected chi connectivity index (χ2v) is 6.70. The zero-order valence-corrected chi connectivity index (χ0v) is 14.9. The number of rotatable bonds is 4. The van der Waals surface area contributed by atoms with E-state index in [0.29, 0.717) is 22.8 Å². The Bertz CT molecular complexity index is 923. The Morgan fingerprint density at radius 1 is 1.27 bits per heavy atom. The molecular formula is C18H22N6O2. The molecule has 8 heteroatoms. The first-order valence-corrected chi connectivity index (χ1v) is 8.73. The smallest absolute Gasteiger partial charge is 0.260 e. The van der Waals surface area contributed by atoms with Crippen molar-refractivity contribution in [3.8, 4) is 5.88 Å². The summed E-state index contributed by atoms with van der Waals surface area (Å²) in [4.78, 5) is 22.5. The van der Waals surface area contributed by atoms with Crippen LogP contribution in [0.25, 0.3) is 11.0 Å². The van der Waals surface area contributed by atoms with Gasteiger partial charge in [-0.05, 0) is 26.0 Å². The van der Waals surface area contributed by atoms with Crippen molar-refractivity contribution < 1.29 is 9.53 Å². The number of piperidine rings is 1. The fourth-order valence-electron chi connectivity index (χ4n) is 3.16. The van der Waals surface area contributed by atoms with E-state index in [4.69, 9.17) is 4.74 Å². The van der Waals surface area contributed by atoms with Crippen LogP contribution >= 0.6 is 0 Å². The van der Waals surface area contributed by atoms with E-state index < -0.39 is 0 Å². The molecule has 0 aliphatic carbocycles. The highest BCUT2D eigenvalue weighted by atomic mass is 16.5. The van der Waals surface area contributed by atoms with Crippen LogP contribution in [-0.4, -0.2) is 56.8 Å². The molecule has 0 bridgehead atoms. The molecule has 136 valence electrons. The molecular weight excluding hydrogens is 332 g/mol. The maximum atomic E-state index is 12.6. The largest absolute Gasteiger partial charge is 0.474 e. The second-order valence-electron chi connectivity index (χ2n) is 6.70. The summed E-state index contributed by atoms with van der Waals surface area (Å²) in [6.07, 6.45) is 5.57. The molecule has 1 amide bonds. The highest BCUT2D eigenvalue weighted by molar-refractivity contribution is 6.11. The van der Waals surface area contributed by atoms with Crippen molar-refractivity contribution in [3.63, 3.8) is 0 Å². The number of hydrogen-bond donors (Lipinski definition) is 2. The number of ether oxygens (including phenoxy) is 1. The number of amides is 1. The van der Waals surface area contributed by atoms with E-state index in [1.165, 1.54) is 0 Å². The molecule has 3 aromatic rings. The molecule has 0 radical (unpaired) electrons. The Morgan fingerprint density at radius 3 is 2.81 bits per heavy atom. The Hall–Kier alpha value is -2.87. The van der Waals surface area contributed by atoms with Gasteiger partial charge in [0.05, 0.1) is 11.1 Å². The Kier molecular flexibility index (Phi) is 4.34. The molecule has 2 N–H and O–H groups in total. The number of anilines is 1. The van der Waals surface area contributed by atoms with Gasteiger partial charge < -0.3 is 19.9 Å². The number of aryl methyl sites for hydroxylation is 1. The van der Waals surface area contributed by atoms with Crippen LogP contribution in [0.4, 0.5) is 5.82 Å². The minimum atomic E-state index is -0.251. The number of hydrogen-bond acceptors (Lipinski definition) is 5. The van der Waals surface area contributed by atoms with E-state index in [-0.39, 0.29) is 12.0 Å². The number of pyridine rings is 1. The second kappa shape index (κ2) is 6.80. The van der Waals surface area contributed by atoms with E-state index in [1.807, 2.05) is 12.1 Å². The van der Waals surface area contributed by atoms with Gasteiger partial charge in [-0.1, -0.05) is 0 Å². The predicted octanol–water partition coefficient (Wildman–Crippen LogP) is 2.02. The van der Waals surface area contributed by atoms with Crippen LogP contribution in [0, 0.1) is 0 Å². The van der Waals surface area contributed by atoms with Gasteiger partial charge in [-0.25, -0.2) is 4.98 Å². The van der Waals surface area contributed by atoms with E-state index in [2.05, 4.69) is 32.3 Å². The van der Waals surface area contributed by atoms with Crippen LogP contribution in [0.15, 0.2) is 30.6 Å². The van der Waals surface area contributed by atoms with Crippen LogP contribution in [0.1, 0.15) is 23.2 Å². The highest BCUT2D eigenvalue weighted by Gasteiger charge is 2.20. The summed E-state index contributed by atoms with van der Waals surface area (Å²) in [5.41, 5.74) is 1.87. The van der Waals surface area contributed by atoms with Crippen molar-refractivity contribution in [2.75, 3.05) is 25.5 Å². The number of likely N-dealkylation sites (tertiary alicyclic amines) is 1. The molecule has 1 aliphatic rings. The topological polar surface area (TPSA) is 88.1 Å². The molecule has 1 fully saturated rings. The minimum Gasteiger partial charge on any atom is -0.474 e. The maximum Gasteiger partial charge on any atom is 0.260 e. The molecule has 26 heavy (non-hydrogen) atoms. The minimum absolute atomic E-state index is 0.167. The van der Waals surface area contributed by atoms with Gasteiger partial charge in [0.25, 0.3) is 5.91 Å². The summed E-state index contributed by atoms with van der Waals surface area (Å²) < 4.78 is 7.67. The van der Waals surface area contributed by atoms with Gasteiger partial charge in [0.2, 0.25) is 5.88 Å². The summed E-state index contributed by atoms with van der Waals surface area (Å²) >= 11 is 0. The molecule has 0 aromatic carbocycles. The lowest BCUT2D eigenvalue weighted by Crippen LogP contribution is -2.35. The van der Waals surface area contributed by atoms with Crippen LogP contribution in [0.5, 0.6) is 5.88 Å². The van der Waals surface area contributed by atoms with Crippen molar-refractivity contribution in [2.24, 2.45) is 7.05 Å². The number of nitrogens with zero attached hydrogens (tertiary/aromatic N) is 4. The summed E-state index contributed by atoms with van der Waals surface area (Å²) in [6.45, 7) is 2.05. The van der Waals surface area contributed by atoms with Crippen LogP contribution in [-0.2, 0) is 7.05 Å². The first kappa shape index (κ1) is 16.6. The Morgan fingerprint density at radius 2 is 2.08 bits per heavy atom. The third kappa shape index (κ3) is 3.41. The number of fused-ring (bicyclic) bond motifs is 1. The number of carbonyl (C=O) groups is 1. The summed E-state index contributed by atoms with van der Waals surface area (Å²) in [5.74, 6) is 0.808. The molecule has 0 spiro atoms. The third-order valence-corrected chi connectivity index (χ3v) is 4.65. The molecule has 4 rings (SSSR count). The normalized spacial score (nSPS) is 16.1. The van der Waals surface area contributed by atoms with Gasteiger partial charge in [0, 0.05) is 44.7 Å². The fourth-order valence-corrected chi connectivity index (χ4v) is 3.16. The molecule has 0 atom stereocenters. The lowest BCUT2D eigenvalue weighted by Gasteiger charge is -2.28. The van der Waals surface area contributed by atoms with Gasteiger partial charge in [-0.2, -0.15) is 5.10 Å². The zero-order chi connectivity index (χ0) is 18.1. The summed E-state index contributed by atoms with van der Waals surface area (Å²) in [7, 11) is 3.92. The summed E-state index contributed by atoms with van der Waals surface area (Å²) in [5, 5.41) is 6.95. The van der Waals surface area contributed by atoms with Crippen molar-refractivity contribution in [3.05, 3.63) is 36.2 Å². The average molecular weight is 354 g/mol. The van der Waals surface area contributed by atoms with E-state index in [0.717, 1.165) is 31.4 Å².